The zero-order chi connectivity index (χ0) is 9.30. The summed E-state index contributed by atoms with van der Waals surface area (Å²) in [6, 6.07) is 3.33. The van der Waals surface area contributed by atoms with Crippen LogP contribution in [0.4, 0.5) is 0 Å². The lowest BCUT2D eigenvalue weighted by atomic mass is 9.78. The van der Waals surface area contributed by atoms with Gasteiger partial charge in [0.05, 0.1) is 0 Å². The van der Waals surface area contributed by atoms with Gasteiger partial charge < -0.3 is 15.2 Å². The molecule has 0 fully saturated rings. The lowest BCUT2D eigenvalue weighted by Crippen LogP contribution is -2.30. The number of aryl methyl sites for hydroxylation is 2. The molecule has 0 unspecified atom stereocenters. The zero-order valence-electron chi connectivity index (χ0n) is 7.07. The number of phenolic OH excluding ortho intramolecular Hbond substituents is 1. The van der Waals surface area contributed by atoms with E-state index in [1.54, 1.807) is 19.1 Å². The first-order valence-corrected chi connectivity index (χ1v) is 3.68. The fraction of sp³-hybridized carbons (Fsp3) is 0.250. The lowest BCUT2D eigenvalue weighted by molar-refractivity contribution is 0.419. The molecule has 1 rings (SSSR count). The maximum atomic E-state index is 9.37. The van der Waals surface area contributed by atoms with Crippen molar-refractivity contribution in [3.8, 4) is 5.75 Å². The number of hydrogen-bond donors (Lipinski definition) is 3. The van der Waals surface area contributed by atoms with Gasteiger partial charge >= 0.3 is 7.12 Å². The Balaban J connectivity index is 3.28. The quantitative estimate of drug-likeness (QED) is 0.501. The SMILES string of the molecule is Cc1cc(C)c(O)c(B(O)O)c1. The number of hydrogen-bond acceptors (Lipinski definition) is 3. The first kappa shape index (κ1) is 9.10. The molecule has 0 aliphatic rings. The fourth-order valence-electron chi connectivity index (χ4n) is 1.19. The van der Waals surface area contributed by atoms with Gasteiger partial charge in [0.2, 0.25) is 0 Å². The molecule has 1 aromatic carbocycles. The molecule has 3 N–H and O–H groups in total. The van der Waals surface area contributed by atoms with E-state index in [0.29, 0.717) is 5.56 Å². The third-order valence-electron chi connectivity index (χ3n) is 1.75. The molecule has 0 heterocycles. The van der Waals surface area contributed by atoms with E-state index in [2.05, 4.69) is 0 Å². The Morgan fingerprint density at radius 2 is 1.75 bits per heavy atom. The Morgan fingerprint density at radius 3 is 2.25 bits per heavy atom. The van der Waals surface area contributed by atoms with Gasteiger partial charge in [-0.3, -0.25) is 0 Å². The standard InChI is InChI=1S/C8H11BO3/c1-5-3-6(2)8(10)7(4-5)9(11)12/h3-4,10-12H,1-2H3. The van der Waals surface area contributed by atoms with Crippen LogP contribution in [0.3, 0.4) is 0 Å². The summed E-state index contributed by atoms with van der Waals surface area (Å²) in [5, 5.41) is 27.1. The van der Waals surface area contributed by atoms with Crippen molar-refractivity contribution >= 4 is 12.6 Å². The first-order valence-electron chi connectivity index (χ1n) is 3.68. The second kappa shape index (κ2) is 3.17. The van der Waals surface area contributed by atoms with Crippen molar-refractivity contribution in [2.24, 2.45) is 0 Å². The molecule has 0 aliphatic carbocycles. The van der Waals surface area contributed by atoms with E-state index in [0.717, 1.165) is 5.56 Å². The largest absolute Gasteiger partial charge is 0.508 e. The summed E-state index contributed by atoms with van der Waals surface area (Å²) in [6.45, 7) is 3.55. The predicted octanol–water partition coefficient (Wildman–Crippen LogP) is -0.311. The Morgan fingerprint density at radius 1 is 1.17 bits per heavy atom. The van der Waals surface area contributed by atoms with Crippen molar-refractivity contribution in [1.29, 1.82) is 0 Å². The van der Waals surface area contributed by atoms with Gasteiger partial charge in [-0.25, -0.2) is 0 Å². The third kappa shape index (κ3) is 1.60. The fourth-order valence-corrected chi connectivity index (χ4v) is 1.19. The maximum Gasteiger partial charge on any atom is 0.492 e. The van der Waals surface area contributed by atoms with E-state index >= 15 is 0 Å². The van der Waals surface area contributed by atoms with Crippen molar-refractivity contribution in [2.75, 3.05) is 0 Å². The molecule has 0 aromatic heterocycles. The first-order chi connectivity index (χ1) is 5.52. The second-order valence-electron chi connectivity index (χ2n) is 2.89. The highest BCUT2D eigenvalue weighted by atomic mass is 16.4. The number of aromatic hydroxyl groups is 1. The molecule has 0 saturated carbocycles. The molecule has 64 valence electrons. The normalized spacial score (nSPS) is 10.0. The van der Waals surface area contributed by atoms with E-state index in [9.17, 15) is 5.11 Å². The molecule has 0 atom stereocenters. The second-order valence-corrected chi connectivity index (χ2v) is 2.89. The average Bonchev–Trinajstić information content (AvgIpc) is 1.96. The molecule has 0 aliphatic heterocycles. The van der Waals surface area contributed by atoms with E-state index in [4.69, 9.17) is 10.0 Å². The zero-order valence-corrected chi connectivity index (χ0v) is 7.07. The van der Waals surface area contributed by atoms with Crippen molar-refractivity contribution in [3.05, 3.63) is 23.3 Å². The summed E-state index contributed by atoms with van der Waals surface area (Å²) in [4.78, 5) is 0. The van der Waals surface area contributed by atoms with Crippen LogP contribution in [0.2, 0.25) is 0 Å². The van der Waals surface area contributed by atoms with Gasteiger partial charge in [0.25, 0.3) is 0 Å². The third-order valence-corrected chi connectivity index (χ3v) is 1.75. The molecule has 0 saturated heterocycles. The Kier molecular flexibility index (Phi) is 2.40. The topological polar surface area (TPSA) is 60.7 Å². The molecule has 12 heavy (non-hydrogen) atoms. The van der Waals surface area contributed by atoms with Crippen LogP contribution in [0.1, 0.15) is 11.1 Å². The lowest BCUT2D eigenvalue weighted by Gasteiger charge is -2.07. The minimum Gasteiger partial charge on any atom is -0.508 e. The average molecular weight is 166 g/mol. The van der Waals surface area contributed by atoms with Gasteiger partial charge in [0.15, 0.2) is 0 Å². The summed E-state index contributed by atoms with van der Waals surface area (Å²) in [5.74, 6) is -0.0457. The van der Waals surface area contributed by atoms with Crippen LogP contribution < -0.4 is 5.46 Å². The van der Waals surface area contributed by atoms with Gasteiger partial charge in [-0.2, -0.15) is 0 Å². The highest BCUT2D eigenvalue weighted by Gasteiger charge is 2.17. The number of rotatable bonds is 1. The molecule has 4 heteroatoms. The van der Waals surface area contributed by atoms with Crippen LogP contribution in [0.25, 0.3) is 0 Å². The van der Waals surface area contributed by atoms with Crippen LogP contribution in [-0.4, -0.2) is 22.3 Å². The predicted molar refractivity (Wildman–Crippen MR) is 47.4 cm³/mol. The number of phenols is 1. The van der Waals surface area contributed by atoms with Gasteiger partial charge in [0, 0.05) is 5.46 Å². The molecule has 3 nitrogen and oxygen atoms in total. The van der Waals surface area contributed by atoms with E-state index < -0.39 is 7.12 Å². The van der Waals surface area contributed by atoms with Crippen LogP contribution in [0.5, 0.6) is 5.75 Å². The van der Waals surface area contributed by atoms with E-state index in [-0.39, 0.29) is 11.2 Å². The molecule has 0 radical (unpaired) electrons. The van der Waals surface area contributed by atoms with Gasteiger partial charge in [-0.15, -0.1) is 0 Å². The molecule has 0 amide bonds. The molecular weight excluding hydrogens is 155 g/mol. The van der Waals surface area contributed by atoms with Crippen molar-refractivity contribution in [3.63, 3.8) is 0 Å². The van der Waals surface area contributed by atoms with Crippen LogP contribution >= 0.6 is 0 Å². The van der Waals surface area contributed by atoms with Crippen molar-refractivity contribution in [2.45, 2.75) is 13.8 Å². The molecule has 0 bridgehead atoms. The summed E-state index contributed by atoms with van der Waals surface area (Å²) < 4.78 is 0. The van der Waals surface area contributed by atoms with Crippen LogP contribution in [0, 0.1) is 13.8 Å². The van der Waals surface area contributed by atoms with Crippen LogP contribution in [0.15, 0.2) is 12.1 Å². The highest BCUT2D eigenvalue weighted by molar-refractivity contribution is 6.59. The Hall–Kier alpha value is -0.995. The Bertz CT molecular complexity index is 297. The molecule has 1 aromatic rings. The molecular formula is C8H11BO3. The van der Waals surface area contributed by atoms with Crippen molar-refractivity contribution < 1.29 is 15.2 Å². The summed E-state index contributed by atoms with van der Waals surface area (Å²) >= 11 is 0. The minimum absolute atomic E-state index is 0.0457. The van der Waals surface area contributed by atoms with E-state index in [1.165, 1.54) is 0 Å². The maximum absolute atomic E-state index is 9.37. The molecule has 0 spiro atoms. The summed E-state index contributed by atoms with van der Waals surface area (Å²) in [7, 11) is -1.61. The summed E-state index contributed by atoms with van der Waals surface area (Å²) in [5.41, 5.74) is 1.71. The van der Waals surface area contributed by atoms with E-state index in [1.807, 2.05) is 6.92 Å². The monoisotopic (exact) mass is 166 g/mol. The minimum atomic E-state index is -1.61. The van der Waals surface area contributed by atoms with Gasteiger partial charge in [-0.1, -0.05) is 17.7 Å². The van der Waals surface area contributed by atoms with Gasteiger partial charge in [0.1, 0.15) is 5.75 Å². The van der Waals surface area contributed by atoms with Gasteiger partial charge in [-0.05, 0) is 19.4 Å². The summed E-state index contributed by atoms with van der Waals surface area (Å²) in [6.07, 6.45) is 0. The van der Waals surface area contributed by atoms with Crippen molar-refractivity contribution in [1.82, 2.24) is 0 Å². The van der Waals surface area contributed by atoms with Crippen LogP contribution in [-0.2, 0) is 0 Å². The number of benzene rings is 1. The smallest absolute Gasteiger partial charge is 0.492 e. The Labute approximate surface area is 71.4 Å². The highest BCUT2D eigenvalue weighted by Crippen LogP contribution is 2.14.